The lowest BCUT2D eigenvalue weighted by molar-refractivity contribution is -0.00991. The SMILES string of the molecule is CO[C@@H]1CC[C@]2(C)C(=CC[C@@H]3C4=CC[C@@H](O)[C@]4(C)CC[C@H]32)C1. The van der Waals surface area contributed by atoms with Crippen LogP contribution in [0.25, 0.3) is 0 Å². The molecule has 0 aromatic rings. The molecule has 2 fully saturated rings. The predicted molar refractivity (Wildman–Crippen MR) is 88.5 cm³/mol. The van der Waals surface area contributed by atoms with Gasteiger partial charge < -0.3 is 9.84 Å². The first-order chi connectivity index (χ1) is 10.5. The van der Waals surface area contributed by atoms with E-state index in [1.54, 1.807) is 11.1 Å². The molecule has 4 rings (SSSR count). The first-order valence-electron chi connectivity index (χ1n) is 9.10. The third-order valence-corrected chi connectivity index (χ3v) is 7.75. The van der Waals surface area contributed by atoms with E-state index >= 15 is 0 Å². The Labute approximate surface area is 134 Å². The summed E-state index contributed by atoms with van der Waals surface area (Å²) in [5.41, 5.74) is 3.68. The van der Waals surface area contributed by atoms with E-state index in [2.05, 4.69) is 26.0 Å². The number of fused-ring (bicyclic) bond motifs is 5. The number of aliphatic hydroxyl groups is 1. The molecule has 0 spiro atoms. The van der Waals surface area contributed by atoms with Crippen molar-refractivity contribution in [2.24, 2.45) is 22.7 Å². The van der Waals surface area contributed by atoms with E-state index in [4.69, 9.17) is 4.74 Å². The minimum atomic E-state index is -0.147. The number of allylic oxidation sites excluding steroid dienone is 1. The lowest BCUT2D eigenvalue weighted by atomic mass is 9.49. The average Bonchev–Trinajstić information content (AvgIpc) is 2.82. The summed E-state index contributed by atoms with van der Waals surface area (Å²) in [6.07, 6.45) is 13.3. The summed E-state index contributed by atoms with van der Waals surface area (Å²) in [5, 5.41) is 10.5. The molecule has 0 saturated heterocycles. The van der Waals surface area contributed by atoms with Gasteiger partial charge in [-0.2, -0.15) is 0 Å². The number of ether oxygens (including phenoxy) is 1. The van der Waals surface area contributed by atoms with Crippen LogP contribution in [-0.2, 0) is 4.74 Å². The molecule has 4 aliphatic rings. The van der Waals surface area contributed by atoms with Gasteiger partial charge in [0.15, 0.2) is 0 Å². The van der Waals surface area contributed by atoms with Gasteiger partial charge in [0.25, 0.3) is 0 Å². The lowest BCUT2D eigenvalue weighted by Crippen LogP contribution is -2.48. The molecule has 2 heteroatoms. The van der Waals surface area contributed by atoms with Gasteiger partial charge in [0.2, 0.25) is 0 Å². The molecule has 0 unspecified atom stereocenters. The van der Waals surface area contributed by atoms with E-state index in [0.717, 1.165) is 25.2 Å². The number of aliphatic hydroxyl groups excluding tert-OH is 1. The monoisotopic (exact) mass is 302 g/mol. The van der Waals surface area contributed by atoms with Crippen LogP contribution in [0.5, 0.6) is 0 Å². The van der Waals surface area contributed by atoms with E-state index in [-0.39, 0.29) is 11.5 Å². The topological polar surface area (TPSA) is 29.5 Å². The highest BCUT2D eigenvalue weighted by atomic mass is 16.5. The van der Waals surface area contributed by atoms with Crippen LogP contribution >= 0.6 is 0 Å². The van der Waals surface area contributed by atoms with Crippen LogP contribution in [0, 0.1) is 22.7 Å². The van der Waals surface area contributed by atoms with Crippen molar-refractivity contribution in [2.45, 2.75) is 71.0 Å². The Balaban J connectivity index is 1.67. The van der Waals surface area contributed by atoms with Crippen molar-refractivity contribution in [3.8, 4) is 0 Å². The van der Waals surface area contributed by atoms with Gasteiger partial charge >= 0.3 is 0 Å². The normalized spacial score (nSPS) is 50.5. The molecule has 4 aliphatic carbocycles. The van der Waals surface area contributed by atoms with Crippen molar-refractivity contribution in [2.75, 3.05) is 7.11 Å². The number of rotatable bonds is 1. The van der Waals surface area contributed by atoms with Crippen molar-refractivity contribution >= 4 is 0 Å². The van der Waals surface area contributed by atoms with Gasteiger partial charge in [-0.25, -0.2) is 0 Å². The van der Waals surface area contributed by atoms with E-state index < -0.39 is 0 Å². The molecule has 2 saturated carbocycles. The minimum Gasteiger partial charge on any atom is -0.392 e. The molecule has 0 bridgehead atoms. The smallest absolute Gasteiger partial charge is 0.0665 e. The third kappa shape index (κ3) is 1.86. The fraction of sp³-hybridized carbons (Fsp3) is 0.800. The average molecular weight is 302 g/mol. The van der Waals surface area contributed by atoms with Gasteiger partial charge in [-0.3, -0.25) is 0 Å². The Morgan fingerprint density at radius 3 is 2.64 bits per heavy atom. The third-order valence-electron chi connectivity index (χ3n) is 7.75. The van der Waals surface area contributed by atoms with Crippen molar-refractivity contribution in [1.29, 1.82) is 0 Å². The summed E-state index contributed by atoms with van der Waals surface area (Å²) >= 11 is 0. The summed E-state index contributed by atoms with van der Waals surface area (Å²) in [5.74, 6) is 1.44. The Morgan fingerprint density at radius 1 is 1.09 bits per heavy atom. The zero-order valence-electron chi connectivity index (χ0n) is 14.3. The van der Waals surface area contributed by atoms with Crippen molar-refractivity contribution in [1.82, 2.24) is 0 Å². The quantitative estimate of drug-likeness (QED) is 0.734. The summed E-state index contributed by atoms with van der Waals surface area (Å²) < 4.78 is 5.64. The van der Waals surface area contributed by atoms with E-state index in [1.807, 2.05) is 7.11 Å². The molecular formula is C20H30O2. The summed E-state index contributed by atoms with van der Waals surface area (Å²) in [6, 6.07) is 0. The van der Waals surface area contributed by atoms with Crippen LogP contribution < -0.4 is 0 Å². The van der Waals surface area contributed by atoms with Gasteiger partial charge in [0, 0.05) is 12.5 Å². The molecule has 0 aromatic heterocycles. The van der Waals surface area contributed by atoms with Gasteiger partial charge in [-0.05, 0) is 62.2 Å². The van der Waals surface area contributed by atoms with Crippen LogP contribution in [0.15, 0.2) is 23.3 Å². The van der Waals surface area contributed by atoms with E-state index in [1.165, 1.54) is 25.7 Å². The predicted octanol–water partition coefficient (Wildman–Crippen LogP) is 4.25. The maximum absolute atomic E-state index is 10.5. The van der Waals surface area contributed by atoms with Crippen molar-refractivity contribution in [3.63, 3.8) is 0 Å². The molecule has 122 valence electrons. The molecule has 2 nitrogen and oxygen atoms in total. The molecule has 1 N–H and O–H groups in total. The van der Waals surface area contributed by atoms with E-state index in [9.17, 15) is 5.11 Å². The highest BCUT2D eigenvalue weighted by Gasteiger charge is 2.55. The van der Waals surface area contributed by atoms with Gasteiger partial charge in [-0.15, -0.1) is 0 Å². The first kappa shape index (κ1) is 15.0. The molecule has 22 heavy (non-hydrogen) atoms. The summed E-state index contributed by atoms with van der Waals surface area (Å²) in [4.78, 5) is 0. The van der Waals surface area contributed by atoms with Crippen molar-refractivity contribution in [3.05, 3.63) is 23.3 Å². The molecule has 0 aromatic carbocycles. The standard InChI is InChI=1S/C20H30O2/c1-19-10-8-14(22-3)12-13(19)4-5-15-16-6-7-18(21)20(16,2)11-9-17(15)19/h4,6,14-15,17-18,21H,5,7-12H2,1-3H3/t14-,15-,17-,18-,19-,20-/m1/s1. The number of hydrogen-bond acceptors (Lipinski definition) is 2. The van der Waals surface area contributed by atoms with Crippen LogP contribution in [0.4, 0.5) is 0 Å². The van der Waals surface area contributed by atoms with E-state index in [0.29, 0.717) is 17.4 Å². The van der Waals surface area contributed by atoms with Gasteiger partial charge in [0.1, 0.15) is 0 Å². The molecular weight excluding hydrogens is 272 g/mol. The molecule has 0 amide bonds. The zero-order chi connectivity index (χ0) is 15.5. The van der Waals surface area contributed by atoms with Gasteiger partial charge in [-0.1, -0.05) is 37.1 Å². The first-order valence-corrected chi connectivity index (χ1v) is 9.10. The second-order valence-corrected chi connectivity index (χ2v) is 8.56. The lowest BCUT2D eigenvalue weighted by Gasteiger charge is -2.56. The largest absolute Gasteiger partial charge is 0.392 e. The second-order valence-electron chi connectivity index (χ2n) is 8.56. The Hall–Kier alpha value is -0.600. The Bertz CT molecular complexity index is 534. The fourth-order valence-corrected chi connectivity index (χ4v) is 6.15. The Kier molecular flexibility index (Phi) is 3.36. The number of methoxy groups -OCH3 is 1. The fourth-order valence-electron chi connectivity index (χ4n) is 6.15. The van der Waals surface area contributed by atoms with Crippen LogP contribution in [0.3, 0.4) is 0 Å². The molecule has 6 atom stereocenters. The van der Waals surface area contributed by atoms with Crippen molar-refractivity contribution < 1.29 is 9.84 Å². The highest BCUT2D eigenvalue weighted by molar-refractivity contribution is 5.34. The molecule has 0 aliphatic heterocycles. The number of hydrogen-bond donors (Lipinski definition) is 1. The Morgan fingerprint density at radius 2 is 1.86 bits per heavy atom. The van der Waals surface area contributed by atoms with Crippen LogP contribution in [0.1, 0.15) is 58.8 Å². The minimum absolute atomic E-state index is 0.0621. The van der Waals surface area contributed by atoms with Crippen LogP contribution in [-0.4, -0.2) is 24.4 Å². The summed E-state index contributed by atoms with van der Waals surface area (Å²) in [6.45, 7) is 4.81. The van der Waals surface area contributed by atoms with Crippen LogP contribution in [0.2, 0.25) is 0 Å². The molecule has 0 heterocycles. The maximum Gasteiger partial charge on any atom is 0.0665 e. The highest BCUT2D eigenvalue weighted by Crippen LogP contribution is 2.63. The van der Waals surface area contributed by atoms with Gasteiger partial charge in [0.05, 0.1) is 12.2 Å². The summed E-state index contributed by atoms with van der Waals surface area (Å²) in [7, 11) is 1.86. The zero-order valence-corrected chi connectivity index (χ0v) is 14.3. The second kappa shape index (κ2) is 4.95. The maximum atomic E-state index is 10.5. The molecule has 0 radical (unpaired) electrons.